The number of rotatable bonds is 7. The monoisotopic (exact) mass is 379 g/mol. The Morgan fingerprint density at radius 2 is 1.96 bits per heavy atom. The summed E-state index contributed by atoms with van der Waals surface area (Å²) in [7, 11) is -2.41. The van der Waals surface area contributed by atoms with Crippen LogP contribution in [-0.4, -0.2) is 37.4 Å². The molecule has 26 heavy (non-hydrogen) atoms. The predicted molar refractivity (Wildman–Crippen MR) is 91.9 cm³/mol. The minimum Gasteiger partial charge on any atom is -0.495 e. The zero-order valence-corrected chi connectivity index (χ0v) is 14.9. The summed E-state index contributed by atoms with van der Waals surface area (Å²) in [6.45, 7) is 0. The average molecular weight is 379 g/mol. The van der Waals surface area contributed by atoms with Gasteiger partial charge >= 0.3 is 0 Å². The van der Waals surface area contributed by atoms with Crippen LogP contribution in [0.15, 0.2) is 30.3 Å². The van der Waals surface area contributed by atoms with Crippen LogP contribution in [0.2, 0.25) is 0 Å². The number of benzene rings is 1. The molecule has 0 bridgehead atoms. The second kappa shape index (κ2) is 7.36. The summed E-state index contributed by atoms with van der Waals surface area (Å²) in [5.74, 6) is -0.857. The van der Waals surface area contributed by atoms with Crippen molar-refractivity contribution in [3.63, 3.8) is 0 Å². The molecule has 138 valence electrons. The smallest absolute Gasteiger partial charge is 0.285 e. The lowest BCUT2D eigenvalue weighted by atomic mass is 10.2. The van der Waals surface area contributed by atoms with Crippen molar-refractivity contribution >= 4 is 15.9 Å². The molecule has 1 heterocycles. The highest BCUT2D eigenvalue weighted by Crippen LogP contribution is 2.42. The van der Waals surface area contributed by atoms with Crippen LogP contribution in [0.5, 0.6) is 5.75 Å². The molecule has 2 aromatic rings. The van der Waals surface area contributed by atoms with Crippen molar-refractivity contribution < 1.29 is 22.3 Å². The Balaban J connectivity index is 1.65. The zero-order valence-electron chi connectivity index (χ0n) is 14.1. The summed E-state index contributed by atoms with van der Waals surface area (Å²) < 4.78 is 44.3. The number of sulfonamides is 1. The number of aromatic nitrogens is 2. The fourth-order valence-corrected chi connectivity index (χ4v) is 3.44. The standard InChI is InChI=1S/C17H18FN3O4S/c1-25-15-10-14(19-20-16(15)12-4-5-12)17(22)21-26(23,24)9-8-11-2-6-13(18)7-3-11/h2-3,6-7,10,12H,4-5,8-9H2,1H3,(H,21,22). The topological polar surface area (TPSA) is 98.2 Å². The molecule has 0 saturated heterocycles. The van der Waals surface area contributed by atoms with Crippen LogP contribution in [0.3, 0.4) is 0 Å². The van der Waals surface area contributed by atoms with Gasteiger partial charge in [0.2, 0.25) is 10.0 Å². The molecule has 1 fully saturated rings. The van der Waals surface area contributed by atoms with E-state index in [4.69, 9.17) is 4.74 Å². The number of nitrogens with zero attached hydrogens (tertiary/aromatic N) is 2. The second-order valence-electron chi connectivity index (χ2n) is 6.08. The van der Waals surface area contributed by atoms with Crippen LogP contribution >= 0.6 is 0 Å². The van der Waals surface area contributed by atoms with Gasteiger partial charge in [0.25, 0.3) is 5.91 Å². The minimum atomic E-state index is -3.87. The van der Waals surface area contributed by atoms with Gasteiger partial charge in [-0.3, -0.25) is 4.79 Å². The van der Waals surface area contributed by atoms with Crippen LogP contribution in [0.4, 0.5) is 4.39 Å². The summed E-state index contributed by atoms with van der Waals surface area (Å²) in [5.41, 5.74) is 1.21. The van der Waals surface area contributed by atoms with E-state index < -0.39 is 21.7 Å². The van der Waals surface area contributed by atoms with Gasteiger partial charge in [-0.2, -0.15) is 5.10 Å². The fourth-order valence-electron chi connectivity index (χ4n) is 2.45. The maximum absolute atomic E-state index is 12.9. The summed E-state index contributed by atoms with van der Waals surface area (Å²) in [4.78, 5) is 12.2. The molecule has 1 N–H and O–H groups in total. The summed E-state index contributed by atoms with van der Waals surface area (Å²) >= 11 is 0. The first kappa shape index (κ1) is 18.2. The lowest BCUT2D eigenvalue weighted by Gasteiger charge is -2.09. The van der Waals surface area contributed by atoms with E-state index in [1.807, 2.05) is 4.72 Å². The maximum atomic E-state index is 12.9. The molecule has 3 rings (SSSR count). The minimum absolute atomic E-state index is 0.128. The predicted octanol–water partition coefficient (Wildman–Crippen LogP) is 1.80. The number of hydrogen-bond donors (Lipinski definition) is 1. The molecular weight excluding hydrogens is 361 g/mol. The van der Waals surface area contributed by atoms with E-state index in [2.05, 4.69) is 10.2 Å². The SMILES string of the molecule is COc1cc(C(=O)NS(=O)(=O)CCc2ccc(F)cc2)nnc1C1CC1. The Labute approximate surface area is 150 Å². The molecule has 1 amide bonds. The molecule has 0 aliphatic heterocycles. The van der Waals surface area contributed by atoms with Gasteiger partial charge in [-0.15, -0.1) is 5.10 Å². The molecule has 0 unspecified atom stereocenters. The zero-order chi connectivity index (χ0) is 18.7. The van der Waals surface area contributed by atoms with Gasteiger partial charge in [-0.05, 0) is 37.0 Å². The van der Waals surface area contributed by atoms with Crippen molar-refractivity contribution in [3.05, 3.63) is 53.1 Å². The number of nitrogens with one attached hydrogen (secondary N) is 1. The number of methoxy groups -OCH3 is 1. The van der Waals surface area contributed by atoms with Crippen molar-refractivity contribution in [2.45, 2.75) is 25.2 Å². The Hall–Kier alpha value is -2.55. The Kier molecular flexibility index (Phi) is 5.17. The molecule has 1 saturated carbocycles. The normalized spacial score (nSPS) is 14.1. The highest BCUT2D eigenvalue weighted by molar-refractivity contribution is 7.90. The molecule has 1 aliphatic rings. The van der Waals surface area contributed by atoms with Crippen LogP contribution in [0.1, 0.15) is 40.5 Å². The summed E-state index contributed by atoms with van der Waals surface area (Å²) in [6.07, 6.45) is 2.14. The molecule has 1 aromatic heterocycles. The van der Waals surface area contributed by atoms with Gasteiger partial charge in [0.15, 0.2) is 5.69 Å². The molecular formula is C17H18FN3O4S. The number of aryl methyl sites for hydroxylation is 1. The molecule has 0 atom stereocenters. The Morgan fingerprint density at radius 3 is 2.58 bits per heavy atom. The number of carbonyl (C=O) groups is 1. The van der Waals surface area contributed by atoms with Gasteiger partial charge in [-0.1, -0.05) is 12.1 Å². The van der Waals surface area contributed by atoms with Gasteiger partial charge in [0.1, 0.15) is 17.3 Å². The molecule has 9 heteroatoms. The van der Waals surface area contributed by atoms with Gasteiger partial charge in [0, 0.05) is 12.0 Å². The number of ether oxygens (including phenoxy) is 1. The van der Waals surface area contributed by atoms with Crippen molar-refractivity contribution in [1.29, 1.82) is 0 Å². The first-order chi connectivity index (χ1) is 12.4. The Bertz CT molecular complexity index is 912. The van der Waals surface area contributed by atoms with E-state index in [1.54, 1.807) is 0 Å². The highest BCUT2D eigenvalue weighted by Gasteiger charge is 2.30. The van der Waals surface area contributed by atoms with Crippen LogP contribution < -0.4 is 9.46 Å². The third kappa shape index (κ3) is 4.54. The maximum Gasteiger partial charge on any atom is 0.285 e. The van der Waals surface area contributed by atoms with E-state index >= 15 is 0 Å². The largest absolute Gasteiger partial charge is 0.495 e. The van der Waals surface area contributed by atoms with E-state index in [-0.39, 0.29) is 23.8 Å². The fraction of sp³-hybridized carbons (Fsp3) is 0.353. The van der Waals surface area contributed by atoms with Crippen molar-refractivity contribution in [2.75, 3.05) is 12.9 Å². The van der Waals surface area contributed by atoms with Crippen molar-refractivity contribution in [3.8, 4) is 5.75 Å². The number of halogens is 1. The second-order valence-corrected chi connectivity index (χ2v) is 7.93. The van der Waals surface area contributed by atoms with Gasteiger partial charge in [0.05, 0.1) is 12.9 Å². The lowest BCUT2D eigenvalue weighted by Crippen LogP contribution is -2.33. The van der Waals surface area contributed by atoms with Crippen LogP contribution in [-0.2, 0) is 16.4 Å². The summed E-state index contributed by atoms with van der Waals surface area (Å²) in [6, 6.07) is 6.90. The molecule has 0 spiro atoms. The third-order valence-corrected chi connectivity index (χ3v) is 5.26. The lowest BCUT2D eigenvalue weighted by molar-refractivity contribution is 0.0975. The van der Waals surface area contributed by atoms with Crippen molar-refractivity contribution in [2.24, 2.45) is 0 Å². The number of carbonyl (C=O) groups excluding carboxylic acids is 1. The van der Waals surface area contributed by atoms with Crippen molar-refractivity contribution in [1.82, 2.24) is 14.9 Å². The van der Waals surface area contributed by atoms with Gasteiger partial charge in [-0.25, -0.2) is 17.5 Å². The Morgan fingerprint density at radius 1 is 1.27 bits per heavy atom. The molecule has 1 aromatic carbocycles. The number of amides is 1. The first-order valence-electron chi connectivity index (χ1n) is 8.09. The average Bonchev–Trinajstić information content (AvgIpc) is 3.45. The van der Waals surface area contributed by atoms with E-state index in [9.17, 15) is 17.6 Å². The van der Waals surface area contributed by atoms with Crippen LogP contribution in [0.25, 0.3) is 0 Å². The quantitative estimate of drug-likeness (QED) is 0.788. The molecule has 7 nitrogen and oxygen atoms in total. The molecule has 1 aliphatic carbocycles. The third-order valence-electron chi connectivity index (χ3n) is 4.02. The first-order valence-corrected chi connectivity index (χ1v) is 9.74. The van der Waals surface area contributed by atoms with E-state index in [0.717, 1.165) is 12.8 Å². The number of hydrogen-bond acceptors (Lipinski definition) is 6. The van der Waals surface area contributed by atoms with E-state index in [1.165, 1.54) is 37.4 Å². The highest BCUT2D eigenvalue weighted by atomic mass is 32.2. The van der Waals surface area contributed by atoms with Crippen LogP contribution in [0, 0.1) is 5.82 Å². The van der Waals surface area contributed by atoms with Gasteiger partial charge < -0.3 is 4.74 Å². The van der Waals surface area contributed by atoms with E-state index in [0.29, 0.717) is 17.0 Å². The molecule has 0 radical (unpaired) electrons. The summed E-state index contributed by atoms with van der Waals surface area (Å²) in [5, 5.41) is 7.81.